The molecule has 8 nitrogen and oxygen atoms in total. The highest BCUT2D eigenvalue weighted by atomic mass is 32.1. The number of benzene rings is 1. The van der Waals surface area contributed by atoms with Crippen molar-refractivity contribution in [2.45, 2.75) is 65.0 Å². The highest BCUT2D eigenvalue weighted by Gasteiger charge is 2.28. The number of aryl methyl sites for hydroxylation is 1. The first-order valence-electron chi connectivity index (χ1n) is 12.2. The van der Waals surface area contributed by atoms with Gasteiger partial charge in [0.2, 0.25) is 16.0 Å². The molecule has 34 heavy (non-hydrogen) atoms. The summed E-state index contributed by atoms with van der Waals surface area (Å²) in [5.74, 6) is 0.777. The maximum Gasteiger partial charge on any atom is 0.278 e. The molecule has 1 unspecified atom stereocenters. The Balaban J connectivity index is 1.24. The van der Waals surface area contributed by atoms with E-state index in [1.807, 2.05) is 38.1 Å². The first kappa shape index (κ1) is 22.8. The number of carbonyl (C=O) groups excluding carboxylic acids is 1. The quantitative estimate of drug-likeness (QED) is 0.581. The molecule has 1 N–H and O–H groups in total. The fourth-order valence-corrected chi connectivity index (χ4v) is 5.69. The zero-order valence-corrected chi connectivity index (χ0v) is 20.6. The van der Waals surface area contributed by atoms with Crippen molar-refractivity contribution in [3.05, 3.63) is 51.4 Å². The van der Waals surface area contributed by atoms with Crippen LogP contribution in [-0.2, 0) is 24.2 Å². The molecule has 2 aliphatic rings. The van der Waals surface area contributed by atoms with E-state index in [0.717, 1.165) is 72.8 Å². The third kappa shape index (κ3) is 4.80. The molecule has 1 aromatic carbocycles. The number of nitrogens with zero attached hydrogens (tertiary/aromatic N) is 4. The number of carbonyl (C=O) groups is 1. The van der Waals surface area contributed by atoms with E-state index >= 15 is 0 Å². The first-order chi connectivity index (χ1) is 16.5. The van der Waals surface area contributed by atoms with E-state index in [1.165, 1.54) is 15.9 Å². The third-order valence-electron chi connectivity index (χ3n) is 6.49. The maximum atomic E-state index is 12.9. The van der Waals surface area contributed by atoms with Crippen LogP contribution in [0.1, 0.15) is 56.4 Å². The van der Waals surface area contributed by atoms with Gasteiger partial charge in [0.05, 0.1) is 17.7 Å². The molecule has 1 amide bonds. The van der Waals surface area contributed by atoms with E-state index in [-0.39, 0.29) is 23.5 Å². The number of nitrogens with one attached hydrogen (secondary N) is 1. The fraction of sp³-hybridized carbons (Fsp3) is 0.520. The fourth-order valence-electron chi connectivity index (χ4n) is 4.75. The lowest BCUT2D eigenvalue weighted by atomic mass is 9.97. The lowest BCUT2D eigenvalue weighted by molar-refractivity contribution is -0.125. The molecule has 1 aliphatic carbocycles. The predicted molar refractivity (Wildman–Crippen MR) is 133 cm³/mol. The molecule has 2 aromatic heterocycles. The Hall–Kier alpha value is -2.94. The largest absolute Gasteiger partial charge is 0.491 e. The van der Waals surface area contributed by atoms with Crippen LogP contribution < -0.4 is 20.5 Å². The van der Waals surface area contributed by atoms with Crippen molar-refractivity contribution in [2.75, 3.05) is 18.0 Å². The number of amides is 1. The summed E-state index contributed by atoms with van der Waals surface area (Å²) in [6.07, 6.45) is 5.67. The van der Waals surface area contributed by atoms with Gasteiger partial charge < -0.3 is 15.0 Å². The summed E-state index contributed by atoms with van der Waals surface area (Å²) >= 11 is 1.44. The minimum absolute atomic E-state index is 0.0293. The molecule has 180 valence electrons. The van der Waals surface area contributed by atoms with Gasteiger partial charge in [-0.05, 0) is 70.1 Å². The zero-order valence-electron chi connectivity index (χ0n) is 19.7. The van der Waals surface area contributed by atoms with Gasteiger partial charge in [0.1, 0.15) is 5.75 Å². The Kier molecular flexibility index (Phi) is 6.54. The maximum absolute atomic E-state index is 12.9. The second kappa shape index (κ2) is 9.74. The Bertz CT molecular complexity index is 1230. The third-order valence-corrected chi connectivity index (χ3v) is 7.46. The standard InChI is InChI=1S/C25H31N5O3S/c1-16(2)33-19-11-9-17(10-12-19)14-26-22(31)18-6-5-13-29(15-18)25-28-30-23(32)20-7-3-4-8-21(20)27-24(30)34-25/h9-12,16,18H,3-8,13-15H2,1-2H3,(H,26,31). The van der Waals surface area contributed by atoms with Crippen LogP contribution in [0, 0.1) is 5.92 Å². The van der Waals surface area contributed by atoms with E-state index < -0.39 is 0 Å². The number of piperidine rings is 1. The average molecular weight is 482 g/mol. The summed E-state index contributed by atoms with van der Waals surface area (Å²) < 4.78 is 7.14. The zero-order chi connectivity index (χ0) is 23.7. The van der Waals surface area contributed by atoms with Gasteiger partial charge in [-0.25, -0.2) is 4.98 Å². The van der Waals surface area contributed by atoms with Crippen molar-refractivity contribution < 1.29 is 9.53 Å². The van der Waals surface area contributed by atoms with Crippen LogP contribution in [0.2, 0.25) is 0 Å². The summed E-state index contributed by atoms with van der Waals surface area (Å²) in [7, 11) is 0. The van der Waals surface area contributed by atoms with Crippen LogP contribution in [0.15, 0.2) is 29.1 Å². The van der Waals surface area contributed by atoms with Gasteiger partial charge in [0.25, 0.3) is 5.56 Å². The number of anilines is 1. The molecule has 1 saturated heterocycles. The lowest BCUT2D eigenvalue weighted by Gasteiger charge is -2.31. The second-order valence-corrected chi connectivity index (χ2v) is 10.4. The molecule has 0 radical (unpaired) electrons. The van der Waals surface area contributed by atoms with Crippen molar-refractivity contribution in [1.29, 1.82) is 0 Å². The number of aromatic nitrogens is 3. The van der Waals surface area contributed by atoms with E-state index in [4.69, 9.17) is 9.72 Å². The SMILES string of the molecule is CC(C)Oc1ccc(CNC(=O)C2CCCN(c3nn4c(=O)c5c(nc4s3)CCCC5)C2)cc1. The number of hydrogen-bond donors (Lipinski definition) is 1. The van der Waals surface area contributed by atoms with E-state index in [0.29, 0.717) is 18.1 Å². The second-order valence-electron chi connectivity index (χ2n) is 9.44. The molecule has 9 heteroatoms. The van der Waals surface area contributed by atoms with Gasteiger partial charge in [-0.3, -0.25) is 9.59 Å². The highest BCUT2D eigenvalue weighted by molar-refractivity contribution is 7.20. The van der Waals surface area contributed by atoms with E-state index in [2.05, 4.69) is 15.3 Å². The van der Waals surface area contributed by atoms with Crippen LogP contribution in [0.3, 0.4) is 0 Å². The number of ether oxygens (including phenoxy) is 1. The van der Waals surface area contributed by atoms with Gasteiger partial charge in [0.15, 0.2) is 0 Å². The summed E-state index contributed by atoms with van der Waals surface area (Å²) in [4.78, 5) is 33.3. The summed E-state index contributed by atoms with van der Waals surface area (Å²) in [5, 5.41) is 8.45. The Labute approximate surface area is 203 Å². The molecule has 1 atom stereocenters. The molecule has 3 aromatic rings. The molecule has 3 heterocycles. The smallest absolute Gasteiger partial charge is 0.278 e. The molecule has 0 bridgehead atoms. The molecule has 0 saturated carbocycles. The average Bonchev–Trinajstić information content (AvgIpc) is 3.28. The summed E-state index contributed by atoms with van der Waals surface area (Å²) in [6.45, 7) is 5.91. The van der Waals surface area contributed by atoms with Crippen molar-refractivity contribution >= 4 is 27.3 Å². The monoisotopic (exact) mass is 481 g/mol. The van der Waals surface area contributed by atoms with Gasteiger partial charge in [-0.15, -0.1) is 5.10 Å². The topological polar surface area (TPSA) is 88.8 Å². The molecule has 0 spiro atoms. The first-order valence-corrected chi connectivity index (χ1v) is 13.0. The van der Waals surface area contributed by atoms with Crippen molar-refractivity contribution in [1.82, 2.24) is 19.9 Å². The van der Waals surface area contributed by atoms with E-state index in [1.54, 1.807) is 0 Å². The van der Waals surface area contributed by atoms with Gasteiger partial charge in [-0.1, -0.05) is 23.5 Å². The Morgan fingerprint density at radius 1 is 1.21 bits per heavy atom. The summed E-state index contributed by atoms with van der Waals surface area (Å²) in [5.41, 5.74) is 2.77. The Morgan fingerprint density at radius 2 is 2.00 bits per heavy atom. The van der Waals surface area contributed by atoms with Gasteiger partial charge in [0, 0.05) is 25.2 Å². The minimum Gasteiger partial charge on any atom is -0.491 e. The van der Waals surface area contributed by atoms with Crippen molar-refractivity contribution in [3.8, 4) is 5.75 Å². The van der Waals surface area contributed by atoms with Crippen LogP contribution in [0.4, 0.5) is 5.13 Å². The van der Waals surface area contributed by atoms with Crippen molar-refractivity contribution in [3.63, 3.8) is 0 Å². The Morgan fingerprint density at radius 3 is 2.79 bits per heavy atom. The molecule has 1 aliphatic heterocycles. The van der Waals surface area contributed by atoms with E-state index in [9.17, 15) is 9.59 Å². The number of hydrogen-bond acceptors (Lipinski definition) is 7. The van der Waals surface area contributed by atoms with Crippen LogP contribution in [-0.4, -0.2) is 39.7 Å². The molecule has 1 fully saturated rings. The number of rotatable bonds is 6. The molecular weight excluding hydrogens is 450 g/mol. The minimum atomic E-state index is -0.109. The van der Waals surface area contributed by atoms with Gasteiger partial charge >= 0.3 is 0 Å². The van der Waals surface area contributed by atoms with Gasteiger partial charge in [-0.2, -0.15) is 4.52 Å². The number of fused-ring (bicyclic) bond motifs is 2. The van der Waals surface area contributed by atoms with Crippen molar-refractivity contribution in [2.24, 2.45) is 5.92 Å². The van der Waals surface area contributed by atoms with Crippen LogP contribution in [0.25, 0.3) is 4.96 Å². The molecular formula is C25H31N5O3S. The van der Waals surface area contributed by atoms with Crippen LogP contribution >= 0.6 is 11.3 Å². The normalized spacial score (nSPS) is 18.2. The lowest BCUT2D eigenvalue weighted by Crippen LogP contribution is -2.43. The highest BCUT2D eigenvalue weighted by Crippen LogP contribution is 2.28. The molecule has 5 rings (SSSR count). The predicted octanol–water partition coefficient (Wildman–Crippen LogP) is 3.35. The summed E-state index contributed by atoms with van der Waals surface area (Å²) in [6, 6.07) is 7.84. The van der Waals surface area contributed by atoms with Crippen LogP contribution in [0.5, 0.6) is 5.75 Å².